The minimum Gasteiger partial charge on any atom is -0.460 e. The Morgan fingerprint density at radius 2 is 1.91 bits per heavy atom. The first-order valence-electron chi connectivity index (χ1n) is 11.2. The van der Waals surface area contributed by atoms with E-state index in [1.54, 1.807) is 6.20 Å². The van der Waals surface area contributed by atoms with Gasteiger partial charge < -0.3 is 15.1 Å². The number of hydrogen-bond donors (Lipinski definition) is 2. The van der Waals surface area contributed by atoms with Crippen molar-refractivity contribution in [3.63, 3.8) is 0 Å². The molecule has 1 aliphatic carbocycles. The van der Waals surface area contributed by atoms with Gasteiger partial charge in [-0.25, -0.2) is 4.98 Å². The molecule has 1 aliphatic heterocycles. The number of carbonyl (C=O) groups excluding carboxylic acids is 2. The van der Waals surface area contributed by atoms with Gasteiger partial charge >= 0.3 is 0 Å². The Kier molecular flexibility index (Phi) is 5.96. The van der Waals surface area contributed by atoms with Crippen molar-refractivity contribution < 1.29 is 14.0 Å². The van der Waals surface area contributed by atoms with E-state index in [0.717, 1.165) is 34.1 Å². The molecule has 6 nitrogen and oxygen atoms in total. The number of amides is 1. The van der Waals surface area contributed by atoms with E-state index in [0.29, 0.717) is 40.6 Å². The van der Waals surface area contributed by atoms with Crippen LogP contribution in [0.2, 0.25) is 0 Å². The number of anilines is 1. The van der Waals surface area contributed by atoms with Crippen LogP contribution in [0.3, 0.4) is 0 Å². The Balaban J connectivity index is 1.57. The lowest BCUT2D eigenvalue weighted by atomic mass is 9.77. The second kappa shape index (κ2) is 9.06. The number of ketones is 1. The zero-order chi connectivity index (χ0) is 23.8. The number of aryl methyl sites for hydroxylation is 1. The molecule has 5 rings (SSSR count). The number of dihydropyridines is 1. The van der Waals surface area contributed by atoms with Crippen molar-refractivity contribution in [2.45, 2.75) is 39.0 Å². The van der Waals surface area contributed by atoms with Crippen LogP contribution in [-0.4, -0.2) is 16.7 Å². The van der Waals surface area contributed by atoms with Crippen LogP contribution in [0, 0.1) is 6.92 Å². The summed E-state index contributed by atoms with van der Waals surface area (Å²) in [5, 5.41) is 6.24. The monoisotopic (exact) mass is 517 g/mol. The minimum absolute atomic E-state index is 0.0480. The number of allylic oxidation sites excluding steroid dienone is 3. The first-order chi connectivity index (χ1) is 16.4. The van der Waals surface area contributed by atoms with Crippen LogP contribution in [0.15, 0.2) is 86.2 Å². The highest BCUT2D eigenvalue weighted by molar-refractivity contribution is 9.10. The fraction of sp³-hybridized carbons (Fsp3) is 0.222. The molecule has 34 heavy (non-hydrogen) atoms. The van der Waals surface area contributed by atoms with Gasteiger partial charge in [0.1, 0.15) is 17.3 Å². The number of Topliss-reactive ketones (excluding diaryl/α,β-unsaturated/α-hetero) is 1. The SMILES string of the molecule is CC1=C(C(=O)Nc2cc(C)ccn2)C(c2ccc(-c3ccc(Br)cc3)o2)C2=C(CCCC2=O)N1. The number of nitrogens with zero attached hydrogens (tertiary/aromatic N) is 1. The van der Waals surface area contributed by atoms with Gasteiger partial charge in [-0.1, -0.05) is 28.1 Å². The molecular weight excluding hydrogens is 494 g/mol. The van der Waals surface area contributed by atoms with Crippen molar-refractivity contribution in [1.29, 1.82) is 0 Å². The highest BCUT2D eigenvalue weighted by Crippen LogP contribution is 2.43. The number of pyridine rings is 1. The number of nitrogens with one attached hydrogen (secondary N) is 2. The lowest BCUT2D eigenvalue weighted by Gasteiger charge is -2.33. The molecule has 3 aromatic rings. The van der Waals surface area contributed by atoms with Gasteiger partial charge in [0.25, 0.3) is 5.91 Å². The predicted molar refractivity (Wildman–Crippen MR) is 134 cm³/mol. The Hall–Kier alpha value is -3.45. The van der Waals surface area contributed by atoms with E-state index in [1.165, 1.54) is 0 Å². The van der Waals surface area contributed by atoms with E-state index in [1.807, 2.05) is 62.4 Å². The average molecular weight is 518 g/mol. The zero-order valence-electron chi connectivity index (χ0n) is 18.9. The summed E-state index contributed by atoms with van der Waals surface area (Å²) in [5.74, 6) is 0.881. The molecule has 2 N–H and O–H groups in total. The van der Waals surface area contributed by atoms with E-state index in [4.69, 9.17) is 4.42 Å². The smallest absolute Gasteiger partial charge is 0.255 e. The molecule has 1 aromatic carbocycles. The quantitative estimate of drug-likeness (QED) is 0.442. The van der Waals surface area contributed by atoms with Crippen LogP contribution < -0.4 is 10.6 Å². The van der Waals surface area contributed by atoms with Crippen LogP contribution in [0.1, 0.15) is 43.4 Å². The van der Waals surface area contributed by atoms with Crippen molar-refractivity contribution >= 4 is 33.4 Å². The second-order valence-electron chi connectivity index (χ2n) is 8.65. The minimum atomic E-state index is -0.585. The Morgan fingerprint density at radius 1 is 1.12 bits per heavy atom. The lowest BCUT2D eigenvalue weighted by molar-refractivity contribution is -0.116. The molecule has 0 radical (unpaired) electrons. The molecule has 3 heterocycles. The van der Waals surface area contributed by atoms with Gasteiger partial charge in [0, 0.05) is 39.6 Å². The summed E-state index contributed by atoms with van der Waals surface area (Å²) in [4.78, 5) is 30.9. The molecule has 7 heteroatoms. The number of carbonyl (C=O) groups is 2. The van der Waals surface area contributed by atoms with Crippen molar-refractivity contribution in [1.82, 2.24) is 10.3 Å². The van der Waals surface area contributed by atoms with E-state index in [-0.39, 0.29) is 11.7 Å². The highest BCUT2D eigenvalue weighted by atomic mass is 79.9. The zero-order valence-corrected chi connectivity index (χ0v) is 20.5. The number of hydrogen-bond acceptors (Lipinski definition) is 5. The van der Waals surface area contributed by atoms with Crippen LogP contribution in [0.5, 0.6) is 0 Å². The standard InChI is InChI=1S/C27H24BrN3O3/c1-15-12-13-29-23(14-15)31-27(33)24-16(2)30-19-4-3-5-20(32)25(19)26(24)22-11-10-21(34-22)17-6-8-18(28)9-7-17/h6-14,26,30H,3-5H2,1-2H3,(H,29,31,33). The summed E-state index contributed by atoms with van der Waals surface area (Å²) in [7, 11) is 0. The largest absolute Gasteiger partial charge is 0.460 e. The van der Waals surface area contributed by atoms with E-state index >= 15 is 0 Å². The molecule has 172 valence electrons. The predicted octanol–water partition coefficient (Wildman–Crippen LogP) is 6.02. The van der Waals surface area contributed by atoms with Gasteiger partial charge in [0.05, 0.1) is 11.5 Å². The summed E-state index contributed by atoms with van der Waals surface area (Å²) in [6.45, 7) is 3.81. The first kappa shape index (κ1) is 22.3. The summed E-state index contributed by atoms with van der Waals surface area (Å²) in [5.41, 5.74) is 4.59. The number of benzene rings is 1. The number of halogens is 1. The maximum absolute atomic E-state index is 13.5. The van der Waals surface area contributed by atoms with Gasteiger partial charge in [0.2, 0.25) is 0 Å². The molecule has 0 saturated carbocycles. The first-order valence-corrected chi connectivity index (χ1v) is 12.0. The van der Waals surface area contributed by atoms with Crippen molar-refractivity contribution in [2.75, 3.05) is 5.32 Å². The molecular formula is C27H24BrN3O3. The summed E-state index contributed by atoms with van der Waals surface area (Å²) >= 11 is 3.46. The Bertz CT molecular complexity index is 1350. The van der Waals surface area contributed by atoms with Gasteiger partial charge in [0.15, 0.2) is 5.78 Å². The van der Waals surface area contributed by atoms with E-state index in [9.17, 15) is 9.59 Å². The maximum atomic E-state index is 13.5. The molecule has 1 unspecified atom stereocenters. The van der Waals surface area contributed by atoms with Gasteiger partial charge in [-0.05, 0) is 68.7 Å². The molecule has 0 fully saturated rings. The van der Waals surface area contributed by atoms with Crippen molar-refractivity contribution in [3.05, 3.63) is 93.1 Å². The maximum Gasteiger partial charge on any atom is 0.255 e. The van der Waals surface area contributed by atoms with Crippen molar-refractivity contribution in [2.24, 2.45) is 0 Å². The highest BCUT2D eigenvalue weighted by Gasteiger charge is 2.40. The number of aromatic nitrogens is 1. The molecule has 2 aromatic heterocycles. The van der Waals surface area contributed by atoms with Gasteiger partial charge in [-0.15, -0.1) is 0 Å². The summed E-state index contributed by atoms with van der Waals surface area (Å²) in [6.07, 6.45) is 3.68. The van der Waals surface area contributed by atoms with Gasteiger partial charge in [-0.2, -0.15) is 0 Å². The Morgan fingerprint density at radius 3 is 2.68 bits per heavy atom. The van der Waals surface area contributed by atoms with Crippen LogP contribution in [-0.2, 0) is 9.59 Å². The van der Waals surface area contributed by atoms with Crippen LogP contribution in [0.25, 0.3) is 11.3 Å². The summed E-state index contributed by atoms with van der Waals surface area (Å²) in [6, 6.07) is 15.3. The number of rotatable bonds is 4. The molecule has 1 amide bonds. The van der Waals surface area contributed by atoms with Crippen LogP contribution >= 0.6 is 15.9 Å². The fourth-order valence-electron chi connectivity index (χ4n) is 4.63. The molecule has 0 spiro atoms. The molecule has 1 atom stereocenters. The molecule has 2 aliphatic rings. The third-order valence-corrected chi connectivity index (χ3v) is 6.75. The summed E-state index contributed by atoms with van der Waals surface area (Å²) < 4.78 is 7.26. The second-order valence-corrected chi connectivity index (χ2v) is 9.56. The Labute approximate surface area is 206 Å². The molecule has 0 bridgehead atoms. The van der Waals surface area contributed by atoms with Gasteiger partial charge in [-0.3, -0.25) is 9.59 Å². The van der Waals surface area contributed by atoms with E-state index < -0.39 is 5.92 Å². The van der Waals surface area contributed by atoms with Crippen LogP contribution in [0.4, 0.5) is 5.82 Å². The lowest BCUT2D eigenvalue weighted by Crippen LogP contribution is -2.35. The third kappa shape index (κ3) is 4.23. The number of furan rings is 1. The molecule has 0 saturated heterocycles. The normalized spacial score (nSPS) is 18.0. The van der Waals surface area contributed by atoms with E-state index in [2.05, 4.69) is 31.5 Å². The third-order valence-electron chi connectivity index (χ3n) is 6.22. The van der Waals surface area contributed by atoms with Crippen molar-refractivity contribution in [3.8, 4) is 11.3 Å². The fourth-order valence-corrected chi connectivity index (χ4v) is 4.90. The average Bonchev–Trinajstić information content (AvgIpc) is 3.29. The topological polar surface area (TPSA) is 84.2 Å².